The van der Waals surface area contributed by atoms with E-state index < -0.39 is 11.7 Å². The average molecular weight is 293 g/mol. The Hall–Kier alpha value is -1.75. The number of amides is 1. The summed E-state index contributed by atoms with van der Waals surface area (Å²) in [7, 11) is 0. The molecule has 116 valence electrons. The summed E-state index contributed by atoms with van der Waals surface area (Å²) >= 11 is 0. The van der Waals surface area contributed by atoms with Crippen LogP contribution in [0, 0.1) is 0 Å². The zero-order chi connectivity index (χ0) is 15.3. The van der Waals surface area contributed by atoms with Crippen molar-refractivity contribution in [2.24, 2.45) is 0 Å². The fourth-order valence-corrected chi connectivity index (χ4v) is 2.02. The maximum Gasteiger partial charge on any atom is 0.412 e. The Morgan fingerprint density at radius 1 is 1.33 bits per heavy atom. The fourth-order valence-electron chi connectivity index (χ4n) is 2.02. The van der Waals surface area contributed by atoms with Gasteiger partial charge in [0, 0.05) is 12.3 Å². The Morgan fingerprint density at radius 2 is 2.05 bits per heavy atom. The molecule has 1 saturated heterocycles. The van der Waals surface area contributed by atoms with E-state index in [9.17, 15) is 4.79 Å². The van der Waals surface area contributed by atoms with E-state index in [1.807, 2.05) is 32.9 Å². The molecule has 1 unspecified atom stereocenters. The summed E-state index contributed by atoms with van der Waals surface area (Å²) < 4.78 is 16.3. The third kappa shape index (κ3) is 5.63. The highest BCUT2D eigenvalue weighted by Crippen LogP contribution is 2.19. The number of benzene rings is 1. The van der Waals surface area contributed by atoms with E-state index >= 15 is 0 Å². The number of hydrogen-bond donors (Lipinski definition) is 1. The number of carbonyl (C=O) groups is 1. The average Bonchev–Trinajstić information content (AvgIpc) is 2.89. The van der Waals surface area contributed by atoms with Crippen molar-refractivity contribution in [2.45, 2.75) is 45.3 Å². The van der Waals surface area contributed by atoms with E-state index in [0.29, 0.717) is 12.3 Å². The van der Waals surface area contributed by atoms with Gasteiger partial charge in [0.05, 0.1) is 6.10 Å². The molecule has 0 aromatic heterocycles. The SMILES string of the molecule is CC(C)(C)OC(=O)Nc1ccc(OCC2CCCO2)cc1. The second-order valence-electron chi connectivity index (χ2n) is 6.10. The van der Waals surface area contributed by atoms with Crippen molar-refractivity contribution in [3.63, 3.8) is 0 Å². The molecule has 1 aliphatic heterocycles. The first-order chi connectivity index (χ1) is 9.92. The van der Waals surface area contributed by atoms with Crippen LogP contribution in [0.5, 0.6) is 5.75 Å². The highest BCUT2D eigenvalue weighted by Gasteiger charge is 2.17. The van der Waals surface area contributed by atoms with Crippen LogP contribution in [0.1, 0.15) is 33.6 Å². The first kappa shape index (κ1) is 15.6. The van der Waals surface area contributed by atoms with Gasteiger partial charge in [-0.3, -0.25) is 5.32 Å². The number of rotatable bonds is 4. The lowest BCUT2D eigenvalue weighted by atomic mass is 10.2. The van der Waals surface area contributed by atoms with E-state index in [0.717, 1.165) is 25.2 Å². The molecule has 0 saturated carbocycles. The lowest BCUT2D eigenvalue weighted by Gasteiger charge is -2.19. The van der Waals surface area contributed by atoms with Gasteiger partial charge in [-0.15, -0.1) is 0 Å². The van der Waals surface area contributed by atoms with Gasteiger partial charge in [0.15, 0.2) is 0 Å². The van der Waals surface area contributed by atoms with Gasteiger partial charge in [-0.1, -0.05) is 0 Å². The van der Waals surface area contributed by atoms with Crippen molar-refractivity contribution >= 4 is 11.8 Å². The number of nitrogens with one attached hydrogen (secondary N) is 1. The zero-order valence-electron chi connectivity index (χ0n) is 12.8. The van der Waals surface area contributed by atoms with Crippen molar-refractivity contribution < 1.29 is 19.0 Å². The Labute approximate surface area is 125 Å². The predicted molar refractivity (Wildman–Crippen MR) is 80.8 cm³/mol. The second kappa shape index (κ2) is 6.80. The normalized spacial score (nSPS) is 18.3. The molecule has 0 spiro atoms. The molecule has 5 nitrogen and oxygen atoms in total. The number of hydrogen-bond acceptors (Lipinski definition) is 4. The Bertz CT molecular complexity index is 458. The van der Waals surface area contributed by atoms with Gasteiger partial charge >= 0.3 is 6.09 Å². The lowest BCUT2D eigenvalue weighted by molar-refractivity contribution is 0.0636. The third-order valence-electron chi connectivity index (χ3n) is 2.96. The van der Waals surface area contributed by atoms with Gasteiger partial charge < -0.3 is 14.2 Å². The molecule has 0 radical (unpaired) electrons. The summed E-state index contributed by atoms with van der Waals surface area (Å²) in [5, 5.41) is 2.68. The topological polar surface area (TPSA) is 56.8 Å². The van der Waals surface area contributed by atoms with Crippen molar-refractivity contribution in [1.29, 1.82) is 0 Å². The van der Waals surface area contributed by atoms with Crippen LogP contribution < -0.4 is 10.1 Å². The summed E-state index contributed by atoms with van der Waals surface area (Å²) in [4.78, 5) is 11.6. The van der Waals surface area contributed by atoms with Gasteiger partial charge in [-0.05, 0) is 57.9 Å². The molecule has 2 rings (SSSR count). The van der Waals surface area contributed by atoms with Gasteiger partial charge in [-0.2, -0.15) is 0 Å². The first-order valence-corrected chi connectivity index (χ1v) is 7.27. The number of anilines is 1. The maximum absolute atomic E-state index is 11.6. The smallest absolute Gasteiger partial charge is 0.412 e. The third-order valence-corrected chi connectivity index (χ3v) is 2.96. The number of ether oxygens (including phenoxy) is 3. The van der Waals surface area contributed by atoms with Gasteiger partial charge in [0.25, 0.3) is 0 Å². The lowest BCUT2D eigenvalue weighted by Crippen LogP contribution is -2.27. The Balaban J connectivity index is 1.79. The van der Waals surface area contributed by atoms with E-state index in [2.05, 4.69) is 5.32 Å². The summed E-state index contributed by atoms with van der Waals surface area (Å²) in [6, 6.07) is 7.22. The molecule has 1 atom stereocenters. The maximum atomic E-state index is 11.6. The molecule has 0 bridgehead atoms. The van der Waals surface area contributed by atoms with Gasteiger partial charge in [0.2, 0.25) is 0 Å². The van der Waals surface area contributed by atoms with Crippen molar-refractivity contribution in [3.05, 3.63) is 24.3 Å². The molecule has 1 aromatic rings. The highest BCUT2D eigenvalue weighted by atomic mass is 16.6. The minimum Gasteiger partial charge on any atom is -0.491 e. The number of carbonyl (C=O) groups excluding carboxylic acids is 1. The molecule has 5 heteroatoms. The molecule has 0 aliphatic carbocycles. The summed E-state index contributed by atoms with van der Waals surface area (Å²) in [6.07, 6.45) is 1.89. The first-order valence-electron chi connectivity index (χ1n) is 7.27. The van der Waals surface area contributed by atoms with E-state index in [1.165, 1.54) is 0 Å². The van der Waals surface area contributed by atoms with E-state index in [4.69, 9.17) is 14.2 Å². The van der Waals surface area contributed by atoms with Gasteiger partial charge in [-0.25, -0.2) is 4.79 Å². The molecule has 1 aromatic carbocycles. The molecular weight excluding hydrogens is 270 g/mol. The van der Waals surface area contributed by atoms with Crippen LogP contribution in [-0.4, -0.2) is 31.0 Å². The van der Waals surface area contributed by atoms with Crippen LogP contribution in [-0.2, 0) is 9.47 Å². The van der Waals surface area contributed by atoms with Crippen molar-refractivity contribution in [3.8, 4) is 5.75 Å². The summed E-state index contributed by atoms with van der Waals surface area (Å²) in [5.41, 5.74) is 0.169. The van der Waals surface area contributed by atoms with Crippen LogP contribution in [0.2, 0.25) is 0 Å². The largest absolute Gasteiger partial charge is 0.491 e. The Morgan fingerprint density at radius 3 is 2.62 bits per heavy atom. The molecule has 1 aliphatic rings. The zero-order valence-corrected chi connectivity index (χ0v) is 12.8. The standard InChI is InChI=1S/C16H23NO4/c1-16(2,3)21-15(18)17-12-6-8-13(9-7-12)20-11-14-5-4-10-19-14/h6-9,14H,4-5,10-11H2,1-3H3,(H,17,18). The molecule has 1 fully saturated rings. The van der Waals surface area contributed by atoms with Crippen molar-refractivity contribution in [1.82, 2.24) is 0 Å². The van der Waals surface area contributed by atoms with Crippen LogP contribution in [0.3, 0.4) is 0 Å². The fraction of sp³-hybridized carbons (Fsp3) is 0.562. The summed E-state index contributed by atoms with van der Waals surface area (Å²) in [5.74, 6) is 0.764. The highest BCUT2D eigenvalue weighted by molar-refractivity contribution is 5.84. The van der Waals surface area contributed by atoms with E-state index in [-0.39, 0.29) is 6.10 Å². The molecule has 1 N–H and O–H groups in total. The minimum absolute atomic E-state index is 0.199. The second-order valence-corrected chi connectivity index (χ2v) is 6.10. The monoisotopic (exact) mass is 293 g/mol. The van der Waals surface area contributed by atoms with Crippen LogP contribution in [0.15, 0.2) is 24.3 Å². The molecule has 21 heavy (non-hydrogen) atoms. The van der Waals surface area contributed by atoms with E-state index in [1.54, 1.807) is 12.1 Å². The predicted octanol–water partition coefficient (Wildman–Crippen LogP) is 3.59. The quantitative estimate of drug-likeness (QED) is 0.921. The molecular formula is C16H23NO4. The van der Waals surface area contributed by atoms with Crippen molar-refractivity contribution in [2.75, 3.05) is 18.5 Å². The Kier molecular flexibility index (Phi) is 5.07. The van der Waals surface area contributed by atoms with Crippen LogP contribution >= 0.6 is 0 Å². The molecule has 1 heterocycles. The minimum atomic E-state index is -0.506. The molecule has 1 amide bonds. The van der Waals surface area contributed by atoms with Gasteiger partial charge in [0.1, 0.15) is 18.0 Å². The van der Waals surface area contributed by atoms with Crippen LogP contribution in [0.25, 0.3) is 0 Å². The summed E-state index contributed by atoms with van der Waals surface area (Å²) in [6.45, 7) is 6.88. The van der Waals surface area contributed by atoms with Crippen LogP contribution in [0.4, 0.5) is 10.5 Å².